The van der Waals surface area contributed by atoms with Crippen LogP contribution < -0.4 is 15.9 Å². The summed E-state index contributed by atoms with van der Waals surface area (Å²) in [6.07, 6.45) is -9.01. The number of ether oxygens (including phenoxy) is 1. The summed E-state index contributed by atoms with van der Waals surface area (Å²) < 4.78 is 96.4. The maximum atomic E-state index is 15.0. The van der Waals surface area contributed by atoms with Crippen molar-refractivity contribution in [1.82, 2.24) is 4.57 Å². The molecule has 0 aliphatic heterocycles. The molecule has 0 aliphatic rings. The second-order valence-corrected chi connectivity index (χ2v) is 19.5. The van der Waals surface area contributed by atoms with Gasteiger partial charge in [0.25, 0.3) is 11.1 Å². The predicted molar refractivity (Wildman–Crippen MR) is 285 cm³/mol. The zero-order valence-electron chi connectivity index (χ0n) is 38.5. The van der Waals surface area contributed by atoms with Crippen LogP contribution in [0.5, 0.6) is 5.75 Å². The SMILES string of the molecule is O=Cc1c(-c2cc(Cl)cc(Cl)c2)cc(OC(=O)Cc2ccc(-n3c(=O)c4cc(-c5ccc(C(F)(F)F)cc5)c5oc6ccccc6c6c(-c7ccc(C(F)(F)F)cc7)cc(c3=O)c4c56)cc2)cc1-c1cc(Cl)cc(Cl)c1. The Morgan fingerprint density at radius 2 is 1.01 bits per heavy atom. The van der Waals surface area contributed by atoms with Gasteiger partial charge in [-0.15, -0.1) is 0 Å². The second-order valence-electron chi connectivity index (χ2n) is 17.8. The first-order chi connectivity index (χ1) is 36.2. The highest BCUT2D eigenvalue weighted by atomic mass is 35.5. The lowest BCUT2D eigenvalue weighted by Gasteiger charge is -2.20. The number of benzene rings is 9. The van der Waals surface area contributed by atoms with Crippen LogP contribution in [0, 0.1) is 0 Å². The van der Waals surface area contributed by atoms with Crippen molar-refractivity contribution in [2.45, 2.75) is 18.8 Å². The molecular weight excluding hydrogens is 1070 g/mol. The molecule has 0 saturated heterocycles. The number of carbonyl (C=O) groups is 2. The summed E-state index contributed by atoms with van der Waals surface area (Å²) in [5, 5.41) is 2.41. The molecule has 11 rings (SSSR count). The number of carbonyl (C=O) groups excluding carboxylic acids is 2. The number of rotatable bonds is 9. The van der Waals surface area contributed by atoms with Crippen molar-refractivity contribution in [2.24, 2.45) is 0 Å². The van der Waals surface area contributed by atoms with E-state index in [0.717, 1.165) is 28.8 Å². The number of aromatic nitrogens is 1. The molecule has 11 aromatic rings. The lowest BCUT2D eigenvalue weighted by Crippen LogP contribution is -2.32. The molecule has 0 atom stereocenters. The van der Waals surface area contributed by atoms with E-state index in [9.17, 15) is 45.5 Å². The summed E-state index contributed by atoms with van der Waals surface area (Å²) in [6, 6.07) is 36.6. The number of hydrogen-bond donors (Lipinski definition) is 0. The zero-order valence-corrected chi connectivity index (χ0v) is 41.5. The fourth-order valence-electron chi connectivity index (χ4n) is 9.70. The number of aldehydes is 1. The van der Waals surface area contributed by atoms with Crippen LogP contribution in [0.2, 0.25) is 20.1 Å². The summed E-state index contributed by atoms with van der Waals surface area (Å²) in [5.41, 5.74) is 0.210. The molecule has 0 radical (unpaired) electrons. The topological polar surface area (TPSA) is 95.6 Å². The van der Waals surface area contributed by atoms with E-state index in [1.807, 2.05) is 0 Å². The van der Waals surface area contributed by atoms with Gasteiger partial charge in [0.2, 0.25) is 0 Å². The summed E-state index contributed by atoms with van der Waals surface area (Å²) in [5.74, 6) is -0.709. The Labute approximate surface area is 445 Å². The van der Waals surface area contributed by atoms with E-state index in [-0.39, 0.29) is 87.3 Å². The van der Waals surface area contributed by atoms with Gasteiger partial charge < -0.3 is 9.15 Å². The quantitative estimate of drug-likeness (QED) is 0.0357. The third-order valence-electron chi connectivity index (χ3n) is 13.0. The third kappa shape index (κ3) is 9.12. The lowest BCUT2D eigenvalue weighted by molar-refractivity contribution is -0.138. The van der Waals surface area contributed by atoms with Crippen LogP contribution in [0.1, 0.15) is 27.0 Å². The molecule has 76 heavy (non-hydrogen) atoms. The molecule has 2 aromatic heterocycles. The Morgan fingerprint density at radius 1 is 0.526 bits per heavy atom. The van der Waals surface area contributed by atoms with Crippen molar-refractivity contribution in [1.29, 1.82) is 0 Å². The summed E-state index contributed by atoms with van der Waals surface area (Å²) in [7, 11) is 0. The van der Waals surface area contributed by atoms with Crippen LogP contribution in [0.4, 0.5) is 26.3 Å². The molecule has 0 amide bonds. The third-order valence-corrected chi connectivity index (χ3v) is 13.9. The van der Waals surface area contributed by atoms with Crippen molar-refractivity contribution >= 4 is 102 Å². The maximum Gasteiger partial charge on any atom is 0.416 e. The van der Waals surface area contributed by atoms with Crippen LogP contribution in [0.15, 0.2) is 172 Å². The first kappa shape index (κ1) is 50.2. The van der Waals surface area contributed by atoms with E-state index in [1.54, 1.807) is 48.5 Å². The Balaban J connectivity index is 1.04. The van der Waals surface area contributed by atoms with Gasteiger partial charge in [-0.25, -0.2) is 4.57 Å². The Morgan fingerprint density at radius 3 is 1.51 bits per heavy atom. The van der Waals surface area contributed by atoms with E-state index >= 15 is 0 Å². The van der Waals surface area contributed by atoms with Crippen molar-refractivity contribution in [2.75, 3.05) is 0 Å². The Kier molecular flexibility index (Phi) is 12.6. The molecule has 9 aromatic carbocycles. The van der Waals surface area contributed by atoms with Crippen LogP contribution >= 0.6 is 46.4 Å². The molecule has 0 saturated carbocycles. The van der Waals surface area contributed by atoms with Gasteiger partial charge in [-0.2, -0.15) is 26.3 Å². The number of hydrogen-bond acceptors (Lipinski definition) is 6. The van der Waals surface area contributed by atoms with Crippen LogP contribution in [-0.2, 0) is 23.6 Å². The van der Waals surface area contributed by atoms with Gasteiger partial charge >= 0.3 is 18.3 Å². The molecule has 17 heteroatoms. The monoisotopic (exact) mass is 1100 g/mol. The average Bonchev–Trinajstić information content (AvgIpc) is 3.56. The molecule has 0 fully saturated rings. The van der Waals surface area contributed by atoms with Gasteiger partial charge in [0.15, 0.2) is 6.29 Å². The summed E-state index contributed by atoms with van der Waals surface area (Å²) >= 11 is 25.4. The largest absolute Gasteiger partial charge is 0.455 e. The fourth-order valence-corrected chi connectivity index (χ4v) is 10.7. The predicted octanol–water partition coefficient (Wildman–Crippen LogP) is 17.1. The van der Waals surface area contributed by atoms with Crippen LogP contribution in [0.3, 0.4) is 0 Å². The van der Waals surface area contributed by atoms with Crippen molar-refractivity contribution < 1.29 is 45.1 Å². The lowest BCUT2D eigenvalue weighted by atomic mass is 9.87. The number of alkyl halides is 6. The molecule has 0 aliphatic carbocycles. The normalized spacial score (nSPS) is 12.1. The van der Waals surface area contributed by atoms with E-state index in [0.29, 0.717) is 56.0 Å². The van der Waals surface area contributed by atoms with E-state index in [2.05, 4.69) is 0 Å². The molecule has 0 unspecified atom stereocenters. The summed E-state index contributed by atoms with van der Waals surface area (Å²) in [6.45, 7) is 0. The number of esters is 1. The number of fused-ring (bicyclic) bond motifs is 2. The molecule has 376 valence electrons. The molecule has 7 nitrogen and oxygen atoms in total. The minimum Gasteiger partial charge on any atom is -0.455 e. The van der Waals surface area contributed by atoms with Gasteiger partial charge in [0.05, 0.1) is 23.2 Å². The van der Waals surface area contributed by atoms with Crippen molar-refractivity contribution in [3.63, 3.8) is 0 Å². The fraction of sp³-hybridized carbons (Fsp3) is 0.0508. The Hall–Kier alpha value is -7.94. The summed E-state index contributed by atoms with van der Waals surface area (Å²) in [4.78, 5) is 56.5. The first-order valence-electron chi connectivity index (χ1n) is 22.8. The maximum absolute atomic E-state index is 15.0. The van der Waals surface area contributed by atoms with Crippen molar-refractivity contribution in [3.8, 4) is 55.9 Å². The highest BCUT2D eigenvalue weighted by Crippen LogP contribution is 2.47. The highest BCUT2D eigenvalue weighted by molar-refractivity contribution is 6.36. The van der Waals surface area contributed by atoms with Crippen LogP contribution in [0.25, 0.3) is 93.7 Å². The van der Waals surface area contributed by atoms with Crippen LogP contribution in [-0.4, -0.2) is 16.8 Å². The van der Waals surface area contributed by atoms with Gasteiger partial charge in [0, 0.05) is 63.5 Å². The molecule has 0 spiro atoms. The number of pyridine rings is 1. The minimum absolute atomic E-state index is 0.0153. The van der Waals surface area contributed by atoms with Crippen molar-refractivity contribution in [3.05, 3.63) is 221 Å². The highest BCUT2D eigenvalue weighted by Gasteiger charge is 2.32. The molecule has 0 bridgehead atoms. The molecule has 0 N–H and O–H groups in total. The standard InChI is InChI=1S/C59H29Cl4F6NO6/c60-36-18-32(19-37(61)22-36)43-24-41(25-44(49(43)28-71)33-20-38(62)23-39(63)21-33)75-51(72)17-29-5-15-40(16-6-29)70-56(73)47-26-45(30-7-11-34(12-8-30)58(64,65)66)52-42-3-1-2-4-50(42)76-55-46(27-48(57(70)74)53(47)54(52)55)31-9-13-35(14-10-31)59(67,68)69/h1-16,18-28H,17H2. The van der Waals surface area contributed by atoms with E-state index in [4.69, 9.17) is 55.6 Å². The van der Waals surface area contributed by atoms with E-state index < -0.39 is 40.6 Å². The van der Waals surface area contributed by atoms with E-state index in [1.165, 1.54) is 84.9 Å². The van der Waals surface area contributed by atoms with Gasteiger partial charge in [0.1, 0.15) is 16.9 Å². The number of para-hydroxylation sites is 1. The van der Waals surface area contributed by atoms with Gasteiger partial charge in [-0.05, 0) is 148 Å². The number of nitrogens with zero attached hydrogens (tertiary/aromatic N) is 1. The average molecular weight is 1100 g/mol. The first-order valence-corrected chi connectivity index (χ1v) is 24.3. The molecular formula is C59H29Cl4F6NO6. The molecule has 2 heterocycles. The zero-order chi connectivity index (χ0) is 53.5. The minimum atomic E-state index is -4.66. The second kappa shape index (κ2) is 19.0. The Bertz CT molecular complexity index is 4180. The number of halogens is 10. The van der Waals surface area contributed by atoms with Gasteiger partial charge in [-0.1, -0.05) is 101 Å². The van der Waals surface area contributed by atoms with Gasteiger partial charge in [-0.3, -0.25) is 19.2 Å². The smallest absolute Gasteiger partial charge is 0.416 e.